The van der Waals surface area contributed by atoms with Crippen LogP contribution in [0.2, 0.25) is 0 Å². The highest BCUT2D eigenvalue weighted by atomic mass is 16.5. The van der Waals surface area contributed by atoms with E-state index >= 15 is 0 Å². The third-order valence-electron chi connectivity index (χ3n) is 3.72. The van der Waals surface area contributed by atoms with E-state index < -0.39 is 0 Å². The Morgan fingerprint density at radius 1 is 1.25 bits per heavy atom. The Bertz CT molecular complexity index is 844. The lowest BCUT2D eigenvalue weighted by molar-refractivity contribution is 0.0950. The Morgan fingerprint density at radius 2 is 2.12 bits per heavy atom. The van der Waals surface area contributed by atoms with Crippen LogP contribution >= 0.6 is 0 Å². The van der Waals surface area contributed by atoms with Crippen LogP contribution < -0.4 is 10.1 Å². The van der Waals surface area contributed by atoms with Crippen molar-refractivity contribution in [3.05, 3.63) is 71.8 Å². The molecule has 0 bridgehead atoms. The number of carbonyl (C=O) groups is 1. The smallest absolute Gasteiger partial charge is 0.251 e. The fraction of sp³-hybridized carbons (Fsp3) is 0.167. The van der Waals surface area contributed by atoms with Gasteiger partial charge in [0.2, 0.25) is 0 Å². The van der Waals surface area contributed by atoms with Crippen molar-refractivity contribution >= 4 is 5.91 Å². The van der Waals surface area contributed by atoms with Gasteiger partial charge in [0, 0.05) is 12.1 Å². The van der Waals surface area contributed by atoms with Crippen LogP contribution in [0.5, 0.6) is 5.75 Å². The minimum Gasteiger partial charge on any atom is -0.496 e. The number of aryl methyl sites for hydroxylation is 1. The summed E-state index contributed by atoms with van der Waals surface area (Å²) in [6, 6.07) is 13.2. The second-order valence-corrected chi connectivity index (χ2v) is 5.38. The number of nitrogens with one attached hydrogen (secondary N) is 1. The van der Waals surface area contributed by atoms with Crippen LogP contribution in [0.15, 0.2) is 55.1 Å². The molecule has 3 aromatic rings. The molecule has 1 amide bonds. The molecule has 0 fully saturated rings. The molecule has 0 unspecified atom stereocenters. The predicted molar refractivity (Wildman–Crippen MR) is 90.3 cm³/mol. The average Bonchev–Trinajstić information content (AvgIpc) is 3.15. The number of carbonyl (C=O) groups excluding carboxylic acids is 1. The summed E-state index contributed by atoms with van der Waals surface area (Å²) in [7, 11) is 1.60. The number of nitrogens with zero attached hydrogens (tertiary/aromatic N) is 3. The molecule has 0 aliphatic rings. The molecule has 6 nitrogen and oxygen atoms in total. The molecule has 0 atom stereocenters. The summed E-state index contributed by atoms with van der Waals surface area (Å²) in [5.41, 5.74) is 3.45. The van der Waals surface area contributed by atoms with E-state index in [-0.39, 0.29) is 5.91 Å². The fourth-order valence-electron chi connectivity index (χ4n) is 2.40. The first kappa shape index (κ1) is 15.7. The molecular weight excluding hydrogens is 304 g/mol. The monoisotopic (exact) mass is 322 g/mol. The van der Waals surface area contributed by atoms with Gasteiger partial charge in [-0.2, -0.15) is 5.10 Å². The molecular formula is C18H18N4O2. The number of hydrogen-bond donors (Lipinski definition) is 1. The quantitative estimate of drug-likeness (QED) is 0.783. The Labute approximate surface area is 140 Å². The zero-order chi connectivity index (χ0) is 16.9. The number of amides is 1. The maximum Gasteiger partial charge on any atom is 0.251 e. The van der Waals surface area contributed by atoms with Gasteiger partial charge in [-0.25, -0.2) is 9.67 Å². The Hall–Kier alpha value is -3.15. The zero-order valence-corrected chi connectivity index (χ0v) is 13.6. The van der Waals surface area contributed by atoms with Crippen molar-refractivity contribution in [1.82, 2.24) is 20.1 Å². The SMILES string of the molecule is COc1cc(C(=O)NCc2cccc(-n3cncn3)c2)ccc1C. The van der Waals surface area contributed by atoms with Crippen molar-refractivity contribution in [2.45, 2.75) is 13.5 Å². The molecule has 24 heavy (non-hydrogen) atoms. The summed E-state index contributed by atoms with van der Waals surface area (Å²) in [5.74, 6) is 0.565. The molecule has 0 saturated carbocycles. The van der Waals surface area contributed by atoms with Crippen molar-refractivity contribution in [2.75, 3.05) is 7.11 Å². The van der Waals surface area contributed by atoms with Crippen LogP contribution in [0.1, 0.15) is 21.5 Å². The summed E-state index contributed by atoms with van der Waals surface area (Å²) in [6.45, 7) is 2.37. The van der Waals surface area contributed by atoms with E-state index in [9.17, 15) is 4.79 Å². The van der Waals surface area contributed by atoms with E-state index in [4.69, 9.17) is 4.74 Å². The van der Waals surface area contributed by atoms with Crippen molar-refractivity contribution in [3.63, 3.8) is 0 Å². The molecule has 0 radical (unpaired) electrons. The fourth-order valence-corrected chi connectivity index (χ4v) is 2.40. The average molecular weight is 322 g/mol. The van der Waals surface area contributed by atoms with E-state index in [0.29, 0.717) is 17.9 Å². The van der Waals surface area contributed by atoms with E-state index in [2.05, 4.69) is 15.4 Å². The molecule has 1 N–H and O–H groups in total. The predicted octanol–water partition coefficient (Wildman–Crippen LogP) is 2.51. The van der Waals surface area contributed by atoms with Crippen LogP contribution in [-0.4, -0.2) is 27.8 Å². The second-order valence-electron chi connectivity index (χ2n) is 5.38. The van der Waals surface area contributed by atoms with Crippen LogP contribution in [-0.2, 0) is 6.54 Å². The highest BCUT2D eigenvalue weighted by Gasteiger charge is 2.08. The maximum absolute atomic E-state index is 12.3. The largest absolute Gasteiger partial charge is 0.496 e. The number of benzene rings is 2. The Morgan fingerprint density at radius 3 is 2.88 bits per heavy atom. The zero-order valence-electron chi connectivity index (χ0n) is 13.6. The maximum atomic E-state index is 12.3. The summed E-state index contributed by atoms with van der Waals surface area (Å²) in [5, 5.41) is 7.02. The standard InChI is InChI=1S/C18H18N4O2/c1-13-6-7-15(9-17(13)24-2)18(23)20-10-14-4-3-5-16(8-14)22-12-19-11-21-22/h3-9,11-12H,10H2,1-2H3,(H,20,23). The van der Waals surface area contributed by atoms with Gasteiger partial charge in [-0.3, -0.25) is 4.79 Å². The van der Waals surface area contributed by atoms with Gasteiger partial charge in [0.15, 0.2) is 0 Å². The lowest BCUT2D eigenvalue weighted by atomic mass is 10.1. The summed E-state index contributed by atoms with van der Waals surface area (Å²) >= 11 is 0. The highest BCUT2D eigenvalue weighted by molar-refractivity contribution is 5.94. The van der Waals surface area contributed by atoms with Gasteiger partial charge < -0.3 is 10.1 Å². The van der Waals surface area contributed by atoms with Crippen molar-refractivity contribution in [2.24, 2.45) is 0 Å². The molecule has 2 aromatic carbocycles. The van der Waals surface area contributed by atoms with E-state index in [1.54, 1.807) is 30.3 Å². The van der Waals surface area contributed by atoms with Crippen molar-refractivity contribution in [1.29, 1.82) is 0 Å². The molecule has 122 valence electrons. The van der Waals surface area contributed by atoms with Gasteiger partial charge in [0.1, 0.15) is 18.4 Å². The van der Waals surface area contributed by atoms with Gasteiger partial charge in [0.25, 0.3) is 5.91 Å². The molecule has 6 heteroatoms. The lowest BCUT2D eigenvalue weighted by Crippen LogP contribution is -2.22. The summed E-state index contributed by atoms with van der Waals surface area (Å²) in [6.07, 6.45) is 3.12. The normalized spacial score (nSPS) is 10.4. The number of hydrogen-bond acceptors (Lipinski definition) is 4. The number of methoxy groups -OCH3 is 1. The molecule has 0 aliphatic carbocycles. The van der Waals surface area contributed by atoms with E-state index in [1.807, 2.05) is 37.3 Å². The van der Waals surface area contributed by atoms with Crippen LogP contribution in [0, 0.1) is 6.92 Å². The molecule has 1 aromatic heterocycles. The van der Waals surface area contributed by atoms with Gasteiger partial charge in [-0.15, -0.1) is 0 Å². The van der Waals surface area contributed by atoms with Gasteiger partial charge in [-0.1, -0.05) is 18.2 Å². The molecule has 0 spiro atoms. The lowest BCUT2D eigenvalue weighted by Gasteiger charge is -2.09. The Kier molecular flexibility index (Phi) is 4.56. The molecule has 0 saturated heterocycles. The third-order valence-corrected chi connectivity index (χ3v) is 3.72. The first-order valence-corrected chi connectivity index (χ1v) is 7.54. The Balaban J connectivity index is 1.69. The van der Waals surface area contributed by atoms with Crippen LogP contribution in [0.3, 0.4) is 0 Å². The van der Waals surface area contributed by atoms with Crippen molar-refractivity contribution < 1.29 is 9.53 Å². The first-order chi connectivity index (χ1) is 11.7. The molecule has 0 aliphatic heterocycles. The first-order valence-electron chi connectivity index (χ1n) is 7.54. The van der Waals surface area contributed by atoms with Crippen molar-refractivity contribution in [3.8, 4) is 11.4 Å². The van der Waals surface area contributed by atoms with Crippen LogP contribution in [0.4, 0.5) is 0 Å². The number of aromatic nitrogens is 3. The van der Waals surface area contributed by atoms with Crippen LogP contribution in [0.25, 0.3) is 5.69 Å². The van der Waals surface area contributed by atoms with Gasteiger partial charge in [0.05, 0.1) is 12.8 Å². The van der Waals surface area contributed by atoms with E-state index in [1.165, 1.54) is 6.33 Å². The second kappa shape index (κ2) is 6.95. The van der Waals surface area contributed by atoms with E-state index in [0.717, 1.165) is 16.8 Å². The van der Waals surface area contributed by atoms with Gasteiger partial charge in [-0.05, 0) is 42.3 Å². The minimum absolute atomic E-state index is 0.139. The van der Waals surface area contributed by atoms with Gasteiger partial charge >= 0.3 is 0 Å². The third kappa shape index (κ3) is 3.43. The number of rotatable bonds is 5. The molecule has 1 heterocycles. The molecule has 3 rings (SSSR count). The minimum atomic E-state index is -0.139. The summed E-state index contributed by atoms with van der Waals surface area (Å²) in [4.78, 5) is 16.3. The summed E-state index contributed by atoms with van der Waals surface area (Å²) < 4.78 is 6.94. The highest BCUT2D eigenvalue weighted by Crippen LogP contribution is 2.19. The number of ether oxygens (including phenoxy) is 1. The topological polar surface area (TPSA) is 69.0 Å².